The van der Waals surface area contributed by atoms with E-state index in [1.807, 2.05) is 7.05 Å². The fraction of sp³-hybridized carbons (Fsp3) is 1.00. The molecule has 0 spiro atoms. The summed E-state index contributed by atoms with van der Waals surface area (Å²) in [6, 6.07) is 0. The fourth-order valence-corrected chi connectivity index (χ4v) is 1.99. The Morgan fingerprint density at radius 2 is 1.87 bits per heavy atom. The second kappa shape index (κ2) is 9.17. The topological polar surface area (TPSA) is 21.3 Å². The standard InChI is InChI=1S/C13H27NO/c1-14-10-4-2-3-5-11-15-12-9-13-7-6-8-13/h13-14H,2-12H2,1H3. The first-order valence-corrected chi connectivity index (χ1v) is 6.66. The molecule has 0 aromatic rings. The lowest BCUT2D eigenvalue weighted by Gasteiger charge is -2.24. The van der Waals surface area contributed by atoms with E-state index in [-0.39, 0.29) is 0 Å². The molecule has 1 N–H and O–H groups in total. The monoisotopic (exact) mass is 213 g/mol. The highest BCUT2D eigenvalue weighted by atomic mass is 16.5. The van der Waals surface area contributed by atoms with Crippen LogP contribution in [0.15, 0.2) is 0 Å². The molecule has 0 amide bonds. The minimum absolute atomic E-state index is 0.978. The Bertz CT molecular complexity index is 134. The van der Waals surface area contributed by atoms with Gasteiger partial charge in [-0.15, -0.1) is 0 Å². The zero-order chi connectivity index (χ0) is 10.8. The maximum absolute atomic E-state index is 5.63. The summed E-state index contributed by atoms with van der Waals surface area (Å²) >= 11 is 0. The van der Waals surface area contributed by atoms with E-state index in [0.29, 0.717) is 0 Å². The SMILES string of the molecule is CNCCCCCCOCCC1CCC1. The van der Waals surface area contributed by atoms with Gasteiger partial charge in [0.2, 0.25) is 0 Å². The van der Waals surface area contributed by atoms with Crippen molar-refractivity contribution in [3.8, 4) is 0 Å². The van der Waals surface area contributed by atoms with Gasteiger partial charge in [0, 0.05) is 13.2 Å². The second-order valence-corrected chi connectivity index (χ2v) is 4.72. The molecule has 1 rings (SSSR count). The van der Waals surface area contributed by atoms with Crippen molar-refractivity contribution in [1.29, 1.82) is 0 Å². The van der Waals surface area contributed by atoms with E-state index in [1.165, 1.54) is 51.4 Å². The number of nitrogens with one attached hydrogen (secondary N) is 1. The molecule has 0 saturated heterocycles. The molecule has 1 aliphatic carbocycles. The van der Waals surface area contributed by atoms with Gasteiger partial charge in [-0.05, 0) is 38.8 Å². The van der Waals surface area contributed by atoms with Crippen LogP contribution in [0.4, 0.5) is 0 Å². The minimum atomic E-state index is 0.978. The second-order valence-electron chi connectivity index (χ2n) is 4.72. The largest absolute Gasteiger partial charge is 0.381 e. The van der Waals surface area contributed by atoms with E-state index in [0.717, 1.165) is 25.7 Å². The number of hydrogen-bond acceptors (Lipinski definition) is 2. The van der Waals surface area contributed by atoms with Crippen LogP contribution in [0.2, 0.25) is 0 Å². The molecule has 90 valence electrons. The third-order valence-corrected chi connectivity index (χ3v) is 3.36. The van der Waals surface area contributed by atoms with E-state index >= 15 is 0 Å². The lowest BCUT2D eigenvalue weighted by Crippen LogP contribution is -2.13. The van der Waals surface area contributed by atoms with Crippen molar-refractivity contribution in [1.82, 2.24) is 5.32 Å². The Morgan fingerprint density at radius 1 is 1.07 bits per heavy atom. The molecule has 1 saturated carbocycles. The molecular weight excluding hydrogens is 186 g/mol. The first-order chi connectivity index (χ1) is 7.43. The summed E-state index contributed by atoms with van der Waals surface area (Å²) in [5.74, 6) is 1.00. The van der Waals surface area contributed by atoms with Gasteiger partial charge >= 0.3 is 0 Å². The Hall–Kier alpha value is -0.0800. The highest BCUT2D eigenvalue weighted by Gasteiger charge is 2.16. The molecular formula is C13H27NO. The third-order valence-electron chi connectivity index (χ3n) is 3.36. The summed E-state index contributed by atoms with van der Waals surface area (Å²) in [5, 5.41) is 3.17. The van der Waals surface area contributed by atoms with E-state index in [2.05, 4.69) is 5.32 Å². The average molecular weight is 213 g/mol. The highest BCUT2D eigenvalue weighted by molar-refractivity contribution is 4.68. The predicted molar refractivity (Wildman–Crippen MR) is 65.2 cm³/mol. The molecule has 2 heteroatoms. The summed E-state index contributed by atoms with van der Waals surface area (Å²) in [7, 11) is 2.02. The fourth-order valence-electron chi connectivity index (χ4n) is 1.99. The average Bonchev–Trinajstić information content (AvgIpc) is 2.18. The van der Waals surface area contributed by atoms with Gasteiger partial charge in [-0.25, -0.2) is 0 Å². The summed E-state index contributed by atoms with van der Waals surface area (Å²) in [6.07, 6.45) is 10.9. The van der Waals surface area contributed by atoms with Crippen LogP contribution < -0.4 is 5.32 Å². The number of ether oxygens (including phenoxy) is 1. The summed E-state index contributed by atoms with van der Waals surface area (Å²) in [5.41, 5.74) is 0. The van der Waals surface area contributed by atoms with Crippen molar-refractivity contribution in [2.75, 3.05) is 26.8 Å². The normalized spacial score (nSPS) is 16.6. The summed E-state index contributed by atoms with van der Waals surface area (Å²) in [4.78, 5) is 0. The van der Waals surface area contributed by atoms with Crippen LogP contribution in [0.1, 0.15) is 51.4 Å². The maximum Gasteiger partial charge on any atom is 0.0468 e. The smallest absolute Gasteiger partial charge is 0.0468 e. The molecule has 0 bridgehead atoms. The predicted octanol–water partition coefficient (Wildman–Crippen LogP) is 2.97. The van der Waals surface area contributed by atoms with E-state index in [9.17, 15) is 0 Å². The highest BCUT2D eigenvalue weighted by Crippen LogP contribution is 2.29. The van der Waals surface area contributed by atoms with Crippen molar-refractivity contribution in [2.45, 2.75) is 51.4 Å². The number of rotatable bonds is 10. The Morgan fingerprint density at radius 3 is 2.53 bits per heavy atom. The molecule has 0 aromatic heterocycles. The van der Waals surface area contributed by atoms with Crippen LogP contribution in [0.3, 0.4) is 0 Å². The molecule has 1 aliphatic rings. The first kappa shape index (κ1) is 13.0. The molecule has 1 fully saturated rings. The van der Waals surface area contributed by atoms with Gasteiger partial charge in [-0.3, -0.25) is 0 Å². The van der Waals surface area contributed by atoms with Crippen molar-refractivity contribution >= 4 is 0 Å². The van der Waals surface area contributed by atoms with E-state index in [4.69, 9.17) is 4.74 Å². The molecule has 0 radical (unpaired) electrons. The molecule has 0 atom stereocenters. The van der Waals surface area contributed by atoms with Gasteiger partial charge in [0.15, 0.2) is 0 Å². The van der Waals surface area contributed by atoms with E-state index < -0.39 is 0 Å². The van der Waals surface area contributed by atoms with Crippen LogP contribution in [0.5, 0.6) is 0 Å². The molecule has 0 aliphatic heterocycles. The molecule has 15 heavy (non-hydrogen) atoms. The van der Waals surface area contributed by atoms with Gasteiger partial charge in [0.1, 0.15) is 0 Å². The van der Waals surface area contributed by atoms with Crippen LogP contribution >= 0.6 is 0 Å². The molecule has 0 unspecified atom stereocenters. The van der Waals surface area contributed by atoms with Gasteiger partial charge in [0.25, 0.3) is 0 Å². The lowest BCUT2D eigenvalue weighted by molar-refractivity contribution is 0.103. The lowest BCUT2D eigenvalue weighted by atomic mass is 9.83. The minimum Gasteiger partial charge on any atom is -0.381 e. The summed E-state index contributed by atoms with van der Waals surface area (Å²) < 4.78 is 5.63. The number of hydrogen-bond donors (Lipinski definition) is 1. The van der Waals surface area contributed by atoms with Gasteiger partial charge in [0.05, 0.1) is 0 Å². The van der Waals surface area contributed by atoms with Crippen molar-refractivity contribution in [3.63, 3.8) is 0 Å². The van der Waals surface area contributed by atoms with Crippen molar-refractivity contribution in [3.05, 3.63) is 0 Å². The third kappa shape index (κ3) is 6.91. The molecule has 0 aromatic carbocycles. The quantitative estimate of drug-likeness (QED) is 0.563. The van der Waals surface area contributed by atoms with Crippen molar-refractivity contribution in [2.24, 2.45) is 5.92 Å². The van der Waals surface area contributed by atoms with Crippen LogP contribution in [0, 0.1) is 5.92 Å². The Labute approximate surface area is 94.8 Å². The maximum atomic E-state index is 5.63. The van der Waals surface area contributed by atoms with Crippen LogP contribution in [-0.4, -0.2) is 26.8 Å². The van der Waals surface area contributed by atoms with Crippen LogP contribution in [0.25, 0.3) is 0 Å². The molecule has 0 heterocycles. The summed E-state index contributed by atoms with van der Waals surface area (Å²) in [6.45, 7) is 3.13. The van der Waals surface area contributed by atoms with Gasteiger partial charge in [-0.2, -0.15) is 0 Å². The Kier molecular flexibility index (Phi) is 7.94. The van der Waals surface area contributed by atoms with Gasteiger partial charge in [-0.1, -0.05) is 32.1 Å². The van der Waals surface area contributed by atoms with Crippen LogP contribution in [-0.2, 0) is 4.74 Å². The molecule has 2 nitrogen and oxygen atoms in total. The zero-order valence-corrected chi connectivity index (χ0v) is 10.3. The van der Waals surface area contributed by atoms with Crippen molar-refractivity contribution < 1.29 is 4.74 Å². The van der Waals surface area contributed by atoms with E-state index in [1.54, 1.807) is 0 Å². The Balaban J connectivity index is 1.66. The number of unbranched alkanes of at least 4 members (excludes halogenated alkanes) is 3. The van der Waals surface area contributed by atoms with Gasteiger partial charge < -0.3 is 10.1 Å². The first-order valence-electron chi connectivity index (χ1n) is 6.66. The zero-order valence-electron chi connectivity index (χ0n) is 10.3.